The molecule has 0 aliphatic carbocycles. The fraction of sp³-hybridized carbons (Fsp3) is 0.400. The summed E-state index contributed by atoms with van der Waals surface area (Å²) in [7, 11) is 3.18. The molecule has 0 amide bonds. The van der Waals surface area contributed by atoms with Crippen molar-refractivity contribution in [3.8, 4) is 0 Å². The van der Waals surface area contributed by atoms with E-state index in [-0.39, 0.29) is 11.2 Å². The molecule has 1 N–H and O–H groups in total. The lowest BCUT2D eigenvalue weighted by Gasteiger charge is -2.18. The Labute approximate surface area is 176 Å². The fourth-order valence-electron chi connectivity index (χ4n) is 4.04. The molecule has 4 heterocycles. The summed E-state index contributed by atoms with van der Waals surface area (Å²) in [4.78, 5) is 40.2. The van der Waals surface area contributed by atoms with Gasteiger partial charge in [-0.1, -0.05) is 23.9 Å². The number of benzene rings is 1. The molecule has 4 aromatic rings. The maximum absolute atomic E-state index is 12.9. The van der Waals surface area contributed by atoms with Crippen molar-refractivity contribution < 1.29 is 0 Å². The zero-order valence-corrected chi connectivity index (χ0v) is 17.8. The first kappa shape index (κ1) is 19.0. The minimum Gasteiger partial charge on any atom is -0.342 e. The number of nitrogens with one attached hydrogen (secondary N) is 1. The molecule has 0 unspecified atom stereocenters. The molecule has 0 saturated carbocycles. The van der Waals surface area contributed by atoms with Gasteiger partial charge in [-0.15, -0.1) is 0 Å². The number of fused-ring (bicyclic) bond motifs is 2. The lowest BCUT2D eigenvalue weighted by atomic mass is 10.3. The van der Waals surface area contributed by atoms with E-state index in [2.05, 4.69) is 14.9 Å². The molecule has 30 heavy (non-hydrogen) atoms. The smallest absolute Gasteiger partial charge is 0.332 e. The van der Waals surface area contributed by atoms with Crippen LogP contribution in [0.4, 0.5) is 5.95 Å². The van der Waals surface area contributed by atoms with E-state index in [9.17, 15) is 9.59 Å². The lowest BCUT2D eigenvalue weighted by Crippen LogP contribution is -2.37. The Morgan fingerprint density at radius 2 is 1.83 bits per heavy atom. The van der Waals surface area contributed by atoms with Crippen LogP contribution < -0.4 is 16.1 Å². The fourth-order valence-corrected chi connectivity index (χ4v) is 4.85. The van der Waals surface area contributed by atoms with Crippen LogP contribution in [0.1, 0.15) is 12.8 Å². The number of hydrogen-bond donors (Lipinski definition) is 1. The Hall–Kier alpha value is -3.01. The second-order valence-electron chi connectivity index (χ2n) is 7.54. The SMILES string of the molecule is Cn1c(=O)c2c(nc(N3CCCC3)n2CCSc2nc3ccccc3[nH]2)n(C)c1=O. The van der Waals surface area contributed by atoms with Crippen LogP contribution >= 0.6 is 11.8 Å². The van der Waals surface area contributed by atoms with Crippen LogP contribution in [0.5, 0.6) is 0 Å². The van der Waals surface area contributed by atoms with Crippen LogP contribution in [-0.4, -0.2) is 47.5 Å². The zero-order valence-electron chi connectivity index (χ0n) is 17.0. The van der Waals surface area contributed by atoms with Gasteiger partial charge in [0.1, 0.15) is 0 Å². The van der Waals surface area contributed by atoms with Gasteiger partial charge in [-0.25, -0.2) is 9.78 Å². The molecule has 3 aromatic heterocycles. The summed E-state index contributed by atoms with van der Waals surface area (Å²) >= 11 is 1.61. The van der Waals surface area contributed by atoms with Gasteiger partial charge in [-0.05, 0) is 25.0 Å². The normalized spacial score (nSPS) is 14.4. The van der Waals surface area contributed by atoms with Crippen molar-refractivity contribution in [1.82, 2.24) is 28.7 Å². The van der Waals surface area contributed by atoms with Crippen molar-refractivity contribution in [2.75, 3.05) is 23.7 Å². The van der Waals surface area contributed by atoms with Crippen molar-refractivity contribution in [3.05, 3.63) is 45.1 Å². The number of hydrogen-bond acceptors (Lipinski definition) is 6. The van der Waals surface area contributed by atoms with Gasteiger partial charge in [0.05, 0.1) is 11.0 Å². The molecule has 1 saturated heterocycles. The molecule has 0 spiro atoms. The van der Waals surface area contributed by atoms with Crippen LogP contribution in [0.2, 0.25) is 0 Å². The van der Waals surface area contributed by atoms with E-state index in [1.54, 1.807) is 18.8 Å². The molecule has 1 aromatic carbocycles. The van der Waals surface area contributed by atoms with Crippen molar-refractivity contribution in [1.29, 1.82) is 0 Å². The van der Waals surface area contributed by atoms with Crippen LogP contribution in [0.25, 0.3) is 22.2 Å². The quantitative estimate of drug-likeness (QED) is 0.489. The third-order valence-electron chi connectivity index (χ3n) is 5.64. The molecule has 10 heteroatoms. The highest BCUT2D eigenvalue weighted by Gasteiger charge is 2.24. The van der Waals surface area contributed by atoms with E-state index in [4.69, 9.17) is 4.98 Å². The topological polar surface area (TPSA) is 93.7 Å². The summed E-state index contributed by atoms with van der Waals surface area (Å²) in [5, 5.41) is 0.851. The summed E-state index contributed by atoms with van der Waals surface area (Å²) in [6.07, 6.45) is 2.21. The van der Waals surface area contributed by atoms with Crippen molar-refractivity contribution >= 4 is 39.9 Å². The molecule has 1 aliphatic rings. The van der Waals surface area contributed by atoms with E-state index in [1.165, 1.54) is 11.6 Å². The Morgan fingerprint density at radius 1 is 1.07 bits per heavy atom. The van der Waals surface area contributed by atoms with E-state index in [0.717, 1.165) is 58.4 Å². The third kappa shape index (κ3) is 3.02. The highest BCUT2D eigenvalue weighted by molar-refractivity contribution is 7.99. The number of aromatic amines is 1. The highest BCUT2D eigenvalue weighted by atomic mass is 32.2. The van der Waals surface area contributed by atoms with E-state index in [1.807, 2.05) is 28.8 Å². The number of imidazole rings is 2. The van der Waals surface area contributed by atoms with Gasteiger partial charge in [-0.2, -0.15) is 4.98 Å². The van der Waals surface area contributed by atoms with Gasteiger partial charge in [0.2, 0.25) is 5.95 Å². The Balaban J connectivity index is 1.52. The minimum absolute atomic E-state index is 0.306. The number of H-pyrrole nitrogens is 1. The second kappa shape index (κ2) is 7.35. The van der Waals surface area contributed by atoms with Crippen molar-refractivity contribution in [2.45, 2.75) is 24.5 Å². The van der Waals surface area contributed by atoms with Gasteiger partial charge in [-0.3, -0.25) is 13.9 Å². The van der Waals surface area contributed by atoms with Gasteiger partial charge in [0, 0.05) is 39.5 Å². The van der Waals surface area contributed by atoms with Crippen molar-refractivity contribution in [2.24, 2.45) is 14.1 Å². The summed E-state index contributed by atoms with van der Waals surface area (Å²) in [6, 6.07) is 7.94. The number of aromatic nitrogens is 6. The number of anilines is 1. The third-order valence-corrected chi connectivity index (χ3v) is 6.49. The van der Waals surface area contributed by atoms with Crippen LogP contribution in [0.3, 0.4) is 0 Å². The van der Waals surface area contributed by atoms with Gasteiger partial charge in [0.25, 0.3) is 5.56 Å². The molecule has 1 fully saturated rings. The standard InChI is InChI=1S/C20H23N7O2S/c1-24-16-15(17(28)25(2)20(24)29)27(19(23-16)26-9-5-6-10-26)11-12-30-18-21-13-7-3-4-8-14(13)22-18/h3-4,7-8H,5-6,9-12H2,1-2H3,(H,21,22). The van der Waals surface area contributed by atoms with Crippen LogP contribution in [0.15, 0.2) is 39.0 Å². The average molecular weight is 426 g/mol. The minimum atomic E-state index is -0.359. The average Bonchev–Trinajstić information content (AvgIpc) is 3.48. The molecule has 1 aliphatic heterocycles. The zero-order chi connectivity index (χ0) is 20.8. The summed E-state index contributed by atoms with van der Waals surface area (Å²) in [6.45, 7) is 2.42. The number of nitrogens with zero attached hydrogens (tertiary/aromatic N) is 6. The molecular formula is C20H23N7O2S. The maximum atomic E-state index is 12.9. The molecule has 0 bridgehead atoms. The molecule has 0 atom stereocenters. The largest absolute Gasteiger partial charge is 0.342 e. The molecule has 0 radical (unpaired) electrons. The van der Waals surface area contributed by atoms with Gasteiger partial charge < -0.3 is 14.5 Å². The Bertz CT molecular complexity index is 1320. The number of thioether (sulfide) groups is 1. The summed E-state index contributed by atoms with van der Waals surface area (Å²) in [5.41, 5.74) is 2.21. The Kier molecular flexibility index (Phi) is 4.65. The predicted octanol–water partition coefficient (Wildman–Crippen LogP) is 1.70. The maximum Gasteiger partial charge on any atom is 0.332 e. The first-order valence-corrected chi connectivity index (χ1v) is 11.0. The predicted molar refractivity (Wildman–Crippen MR) is 118 cm³/mol. The lowest BCUT2D eigenvalue weighted by molar-refractivity contribution is 0.699. The molecule has 5 rings (SSSR count). The molecule has 9 nitrogen and oxygen atoms in total. The second-order valence-corrected chi connectivity index (χ2v) is 8.63. The summed E-state index contributed by atoms with van der Waals surface area (Å²) in [5.74, 6) is 1.49. The number of rotatable bonds is 5. The molecule has 156 valence electrons. The first-order chi connectivity index (χ1) is 14.5. The highest BCUT2D eigenvalue weighted by Crippen LogP contribution is 2.25. The van der Waals surface area contributed by atoms with Gasteiger partial charge >= 0.3 is 5.69 Å². The number of aryl methyl sites for hydroxylation is 2. The Morgan fingerprint density at radius 3 is 2.60 bits per heavy atom. The van der Waals surface area contributed by atoms with Crippen LogP contribution in [0, 0.1) is 0 Å². The monoisotopic (exact) mass is 425 g/mol. The van der Waals surface area contributed by atoms with E-state index in [0.29, 0.717) is 17.7 Å². The van der Waals surface area contributed by atoms with Crippen molar-refractivity contribution in [3.63, 3.8) is 0 Å². The first-order valence-electron chi connectivity index (χ1n) is 10.0. The van der Waals surface area contributed by atoms with E-state index >= 15 is 0 Å². The van der Waals surface area contributed by atoms with Crippen LogP contribution in [-0.2, 0) is 20.6 Å². The number of para-hydroxylation sites is 2. The van der Waals surface area contributed by atoms with E-state index < -0.39 is 0 Å². The summed E-state index contributed by atoms with van der Waals surface area (Å²) < 4.78 is 4.58. The van der Waals surface area contributed by atoms with Gasteiger partial charge in [0.15, 0.2) is 16.3 Å². The molecular weight excluding hydrogens is 402 g/mol.